The molecule has 1 saturated carbocycles. The molecule has 1 fully saturated rings. The smallest absolute Gasteiger partial charge is 0.162 e. The Kier molecular flexibility index (Phi) is 4.19. The number of aryl methyl sites for hydroxylation is 1. The summed E-state index contributed by atoms with van der Waals surface area (Å²) in [6.45, 7) is 8.20. The Bertz CT molecular complexity index is 490. The van der Waals surface area contributed by atoms with E-state index in [4.69, 9.17) is 5.73 Å². The Morgan fingerprint density at radius 1 is 1.10 bits per heavy atom. The van der Waals surface area contributed by atoms with Crippen LogP contribution in [-0.2, 0) is 0 Å². The van der Waals surface area contributed by atoms with Crippen molar-refractivity contribution in [1.29, 1.82) is 0 Å². The Morgan fingerprint density at radius 2 is 1.75 bits per heavy atom. The van der Waals surface area contributed by atoms with Crippen molar-refractivity contribution < 1.29 is 8.78 Å². The van der Waals surface area contributed by atoms with Crippen LogP contribution in [0, 0.1) is 29.9 Å². The number of rotatable bonds is 1. The van der Waals surface area contributed by atoms with Crippen molar-refractivity contribution in [3.05, 3.63) is 34.9 Å². The summed E-state index contributed by atoms with van der Waals surface area (Å²) in [4.78, 5) is 0. The largest absolute Gasteiger partial charge is 0.327 e. The fraction of sp³-hybridized carbons (Fsp3) is 0.647. The van der Waals surface area contributed by atoms with E-state index < -0.39 is 11.6 Å². The van der Waals surface area contributed by atoms with Crippen LogP contribution in [0.4, 0.5) is 8.78 Å². The van der Waals surface area contributed by atoms with Crippen LogP contribution in [0.5, 0.6) is 0 Å². The lowest BCUT2D eigenvalue weighted by molar-refractivity contribution is 0.152. The molecule has 3 heteroatoms. The first-order valence-electron chi connectivity index (χ1n) is 7.42. The maximum absolute atomic E-state index is 14.2. The molecule has 0 aliphatic heterocycles. The van der Waals surface area contributed by atoms with Gasteiger partial charge in [0.15, 0.2) is 11.6 Å². The molecule has 0 spiro atoms. The molecule has 0 radical (unpaired) electrons. The first-order chi connectivity index (χ1) is 9.21. The first kappa shape index (κ1) is 15.4. The number of hydrogen-bond donors (Lipinski definition) is 1. The van der Waals surface area contributed by atoms with Crippen molar-refractivity contribution in [2.45, 2.75) is 58.9 Å². The van der Waals surface area contributed by atoms with Crippen LogP contribution in [0.25, 0.3) is 0 Å². The van der Waals surface area contributed by atoms with Crippen molar-refractivity contribution >= 4 is 0 Å². The quantitative estimate of drug-likeness (QED) is 0.804. The van der Waals surface area contributed by atoms with Crippen LogP contribution < -0.4 is 5.73 Å². The molecule has 1 aliphatic carbocycles. The predicted molar refractivity (Wildman–Crippen MR) is 78.6 cm³/mol. The molecule has 112 valence electrons. The molecule has 3 atom stereocenters. The van der Waals surface area contributed by atoms with E-state index in [0.29, 0.717) is 17.0 Å². The third kappa shape index (κ3) is 2.88. The molecule has 20 heavy (non-hydrogen) atoms. The van der Waals surface area contributed by atoms with Crippen molar-refractivity contribution in [2.24, 2.45) is 17.1 Å². The topological polar surface area (TPSA) is 26.0 Å². The summed E-state index contributed by atoms with van der Waals surface area (Å²) >= 11 is 0. The standard InChI is InChI=1S/C17H25F2N/c1-10-5-7-12(16(19)15(10)18)13-9-11(17(2,3)4)6-8-14(13)20/h5,7,11,13-14H,6,8-9,20H2,1-4H3. The fourth-order valence-corrected chi connectivity index (χ4v) is 3.29. The molecule has 0 heterocycles. The highest BCUT2D eigenvalue weighted by atomic mass is 19.2. The maximum atomic E-state index is 14.2. The molecule has 3 unspecified atom stereocenters. The summed E-state index contributed by atoms with van der Waals surface area (Å²) in [5.41, 5.74) is 7.17. The van der Waals surface area contributed by atoms with E-state index >= 15 is 0 Å². The van der Waals surface area contributed by atoms with Gasteiger partial charge in [-0.05, 0) is 48.6 Å². The zero-order chi connectivity index (χ0) is 15.1. The number of nitrogens with two attached hydrogens (primary N) is 1. The van der Waals surface area contributed by atoms with Gasteiger partial charge in [-0.15, -0.1) is 0 Å². The SMILES string of the molecule is Cc1ccc(C2CC(C(C)(C)C)CCC2N)c(F)c1F. The Hall–Kier alpha value is -0.960. The molecule has 0 bridgehead atoms. The molecule has 1 aliphatic rings. The van der Waals surface area contributed by atoms with E-state index in [1.165, 1.54) is 0 Å². The summed E-state index contributed by atoms with van der Waals surface area (Å²) in [5.74, 6) is -1.02. The second kappa shape index (κ2) is 5.44. The second-order valence-electron chi connectivity index (χ2n) is 7.25. The van der Waals surface area contributed by atoms with Crippen LogP contribution in [0.3, 0.4) is 0 Å². The maximum Gasteiger partial charge on any atom is 0.162 e. The average Bonchev–Trinajstić information content (AvgIpc) is 2.36. The Morgan fingerprint density at radius 3 is 2.35 bits per heavy atom. The number of benzene rings is 1. The normalized spacial score (nSPS) is 27.6. The first-order valence-corrected chi connectivity index (χ1v) is 7.42. The van der Waals surface area contributed by atoms with Crippen LogP contribution >= 0.6 is 0 Å². The van der Waals surface area contributed by atoms with Gasteiger partial charge in [-0.3, -0.25) is 0 Å². The number of hydrogen-bond acceptors (Lipinski definition) is 1. The van der Waals surface area contributed by atoms with E-state index in [0.717, 1.165) is 19.3 Å². The zero-order valence-electron chi connectivity index (χ0n) is 12.8. The van der Waals surface area contributed by atoms with Gasteiger partial charge in [-0.2, -0.15) is 0 Å². The molecule has 1 aromatic rings. The van der Waals surface area contributed by atoms with Crippen LogP contribution in [0.1, 0.15) is 57.1 Å². The lowest BCUT2D eigenvalue weighted by atomic mass is 9.66. The summed E-state index contributed by atoms with van der Waals surface area (Å²) in [6, 6.07) is 3.29. The van der Waals surface area contributed by atoms with E-state index in [1.54, 1.807) is 19.1 Å². The summed E-state index contributed by atoms with van der Waals surface area (Å²) in [7, 11) is 0. The summed E-state index contributed by atoms with van der Waals surface area (Å²) < 4.78 is 28.0. The van der Waals surface area contributed by atoms with Crippen LogP contribution in [-0.4, -0.2) is 6.04 Å². The average molecular weight is 281 g/mol. The van der Waals surface area contributed by atoms with Gasteiger partial charge in [0.05, 0.1) is 0 Å². The molecule has 0 saturated heterocycles. The van der Waals surface area contributed by atoms with E-state index in [1.807, 2.05) is 0 Å². The minimum Gasteiger partial charge on any atom is -0.327 e. The summed E-state index contributed by atoms with van der Waals surface area (Å²) in [6.07, 6.45) is 2.78. The van der Waals surface area contributed by atoms with E-state index in [9.17, 15) is 8.78 Å². The van der Waals surface area contributed by atoms with Gasteiger partial charge in [-0.25, -0.2) is 8.78 Å². The molecule has 1 aromatic carbocycles. The lowest BCUT2D eigenvalue weighted by Crippen LogP contribution is -2.38. The van der Waals surface area contributed by atoms with Crippen LogP contribution in [0.2, 0.25) is 0 Å². The van der Waals surface area contributed by atoms with E-state index in [2.05, 4.69) is 20.8 Å². The summed E-state index contributed by atoms with van der Waals surface area (Å²) in [5, 5.41) is 0. The fourth-order valence-electron chi connectivity index (χ4n) is 3.29. The highest BCUT2D eigenvalue weighted by Crippen LogP contribution is 2.44. The zero-order valence-corrected chi connectivity index (χ0v) is 12.8. The minimum atomic E-state index is -0.729. The van der Waals surface area contributed by atoms with E-state index in [-0.39, 0.29) is 17.4 Å². The van der Waals surface area contributed by atoms with Crippen molar-refractivity contribution in [3.8, 4) is 0 Å². The molecule has 2 N–H and O–H groups in total. The molecule has 0 aromatic heterocycles. The molecule has 2 rings (SSSR count). The lowest BCUT2D eigenvalue weighted by Gasteiger charge is -2.41. The van der Waals surface area contributed by atoms with Gasteiger partial charge in [-0.1, -0.05) is 32.9 Å². The highest BCUT2D eigenvalue weighted by molar-refractivity contribution is 5.29. The van der Waals surface area contributed by atoms with Gasteiger partial charge >= 0.3 is 0 Å². The third-order valence-electron chi connectivity index (χ3n) is 4.83. The third-order valence-corrected chi connectivity index (χ3v) is 4.83. The second-order valence-corrected chi connectivity index (χ2v) is 7.25. The predicted octanol–water partition coefficient (Wildman–Crippen LogP) is 4.53. The van der Waals surface area contributed by atoms with Gasteiger partial charge in [0.1, 0.15) is 0 Å². The Labute approximate surface area is 120 Å². The molecular weight excluding hydrogens is 256 g/mol. The van der Waals surface area contributed by atoms with Gasteiger partial charge in [0.25, 0.3) is 0 Å². The van der Waals surface area contributed by atoms with Gasteiger partial charge in [0, 0.05) is 12.0 Å². The van der Waals surface area contributed by atoms with Crippen molar-refractivity contribution in [2.75, 3.05) is 0 Å². The molecular formula is C17H25F2N. The van der Waals surface area contributed by atoms with Crippen LogP contribution in [0.15, 0.2) is 12.1 Å². The monoisotopic (exact) mass is 281 g/mol. The molecule has 1 nitrogen and oxygen atoms in total. The Balaban J connectivity index is 2.33. The molecule has 0 amide bonds. The minimum absolute atomic E-state index is 0.0785. The van der Waals surface area contributed by atoms with Crippen molar-refractivity contribution in [1.82, 2.24) is 0 Å². The van der Waals surface area contributed by atoms with Gasteiger partial charge < -0.3 is 5.73 Å². The number of halogens is 2. The highest BCUT2D eigenvalue weighted by Gasteiger charge is 2.36. The van der Waals surface area contributed by atoms with Crippen molar-refractivity contribution in [3.63, 3.8) is 0 Å². The van der Waals surface area contributed by atoms with Gasteiger partial charge in [0.2, 0.25) is 0 Å².